The quantitative estimate of drug-likeness (QED) is 0.307. The van der Waals surface area contributed by atoms with Gasteiger partial charge in [0.15, 0.2) is 0 Å². The first-order valence-electron chi connectivity index (χ1n) is 8.58. The number of hydroxylamine groups is 2. The van der Waals surface area contributed by atoms with Crippen LogP contribution < -0.4 is 4.74 Å². The molecule has 7 heteroatoms. The highest BCUT2D eigenvalue weighted by Crippen LogP contribution is 2.38. The third-order valence-electron chi connectivity index (χ3n) is 4.49. The maximum atomic E-state index is 12.5. The number of benzene rings is 1. The zero-order valence-corrected chi connectivity index (χ0v) is 17.9. The van der Waals surface area contributed by atoms with Crippen molar-refractivity contribution in [2.24, 2.45) is 0 Å². The van der Waals surface area contributed by atoms with Gasteiger partial charge >= 0.3 is 11.9 Å². The van der Waals surface area contributed by atoms with E-state index in [1.54, 1.807) is 25.1 Å². The largest absolute Gasteiger partial charge is 0.459 e. The van der Waals surface area contributed by atoms with E-state index in [1.165, 1.54) is 11.1 Å². The second kappa shape index (κ2) is 7.82. The van der Waals surface area contributed by atoms with Crippen LogP contribution in [0.2, 0.25) is 0 Å². The molecule has 0 aliphatic carbocycles. The Kier molecular flexibility index (Phi) is 6.35. The molecule has 0 bridgehead atoms. The van der Waals surface area contributed by atoms with Gasteiger partial charge in [0.05, 0.1) is 5.56 Å². The van der Waals surface area contributed by atoms with E-state index < -0.39 is 17.0 Å². The van der Waals surface area contributed by atoms with E-state index in [0.29, 0.717) is 24.2 Å². The van der Waals surface area contributed by atoms with Gasteiger partial charge in [-0.2, -0.15) is 5.06 Å². The van der Waals surface area contributed by atoms with Crippen LogP contribution in [0.3, 0.4) is 0 Å². The number of carbonyl (C=O) groups excluding carboxylic acids is 2. The fourth-order valence-electron chi connectivity index (χ4n) is 3.37. The van der Waals surface area contributed by atoms with Crippen molar-refractivity contribution in [3.8, 4) is 5.75 Å². The Labute approximate surface area is 167 Å². The van der Waals surface area contributed by atoms with Crippen molar-refractivity contribution < 1.29 is 24.3 Å². The van der Waals surface area contributed by atoms with Crippen molar-refractivity contribution >= 4 is 34.5 Å². The molecule has 0 spiro atoms. The molecule has 1 heterocycles. The molecule has 1 aromatic rings. The van der Waals surface area contributed by atoms with Crippen LogP contribution in [0, 0.1) is 0 Å². The summed E-state index contributed by atoms with van der Waals surface area (Å²) in [6.07, 6.45) is 0.746. The highest BCUT2D eigenvalue weighted by molar-refractivity contribution is 14.1. The Morgan fingerprint density at radius 2 is 1.81 bits per heavy atom. The van der Waals surface area contributed by atoms with Gasteiger partial charge < -0.3 is 14.7 Å². The summed E-state index contributed by atoms with van der Waals surface area (Å²) in [7, 11) is 0. The second-order valence-corrected chi connectivity index (χ2v) is 9.81. The van der Waals surface area contributed by atoms with Crippen LogP contribution in [0.25, 0.3) is 0 Å². The van der Waals surface area contributed by atoms with Gasteiger partial charge in [-0.25, -0.2) is 4.79 Å². The van der Waals surface area contributed by atoms with Crippen molar-refractivity contribution in [3.05, 3.63) is 29.8 Å². The zero-order valence-electron chi connectivity index (χ0n) is 15.8. The van der Waals surface area contributed by atoms with E-state index in [0.717, 1.165) is 0 Å². The molecule has 0 radical (unpaired) electrons. The van der Waals surface area contributed by atoms with Gasteiger partial charge in [-0.3, -0.25) is 4.79 Å². The SMILES string of the molecule is CC(I)C(=O)Oc1cccc(C(=O)OC2CC(C)(C)N(O)C(C)(C)C2)c1. The molecule has 1 unspecified atom stereocenters. The summed E-state index contributed by atoms with van der Waals surface area (Å²) in [5.74, 6) is -0.512. The first-order valence-corrected chi connectivity index (χ1v) is 9.83. The molecule has 1 aliphatic rings. The molecule has 2 rings (SSSR count). The van der Waals surface area contributed by atoms with E-state index in [1.807, 2.05) is 50.3 Å². The van der Waals surface area contributed by atoms with Crippen molar-refractivity contribution in [2.75, 3.05) is 0 Å². The number of alkyl halides is 1. The van der Waals surface area contributed by atoms with Crippen molar-refractivity contribution in [3.63, 3.8) is 0 Å². The number of hydrogen-bond acceptors (Lipinski definition) is 6. The molecule has 1 aromatic carbocycles. The average molecular weight is 475 g/mol. The Morgan fingerprint density at radius 1 is 1.23 bits per heavy atom. The van der Waals surface area contributed by atoms with Gasteiger partial charge in [-0.05, 0) is 52.8 Å². The lowest BCUT2D eigenvalue weighted by Gasteiger charge is -2.50. The Bertz CT molecular complexity index is 668. The van der Waals surface area contributed by atoms with Crippen LogP contribution in [0.15, 0.2) is 24.3 Å². The highest BCUT2D eigenvalue weighted by Gasteiger charge is 2.46. The topological polar surface area (TPSA) is 76.1 Å². The number of esters is 2. The van der Waals surface area contributed by atoms with Crippen LogP contribution in [-0.2, 0) is 9.53 Å². The fourth-order valence-corrected chi connectivity index (χ4v) is 3.49. The molecule has 0 aromatic heterocycles. The molecule has 6 nitrogen and oxygen atoms in total. The van der Waals surface area contributed by atoms with Crippen LogP contribution in [0.4, 0.5) is 0 Å². The number of nitrogens with zero attached hydrogens (tertiary/aromatic N) is 1. The molecule has 1 aliphatic heterocycles. The first-order chi connectivity index (χ1) is 11.9. The van der Waals surface area contributed by atoms with Crippen molar-refractivity contribution in [1.82, 2.24) is 5.06 Å². The van der Waals surface area contributed by atoms with Gasteiger partial charge in [-0.15, -0.1) is 0 Å². The van der Waals surface area contributed by atoms with E-state index in [4.69, 9.17) is 9.47 Å². The molecule has 0 amide bonds. The van der Waals surface area contributed by atoms with Gasteiger partial charge in [0, 0.05) is 23.9 Å². The molecular weight excluding hydrogens is 449 g/mol. The summed E-state index contributed by atoms with van der Waals surface area (Å²) >= 11 is 1.97. The summed E-state index contributed by atoms with van der Waals surface area (Å²) in [5, 5.41) is 11.7. The maximum absolute atomic E-state index is 12.5. The van der Waals surface area contributed by atoms with E-state index >= 15 is 0 Å². The average Bonchev–Trinajstić information content (AvgIpc) is 2.52. The van der Waals surface area contributed by atoms with Gasteiger partial charge in [-0.1, -0.05) is 28.7 Å². The lowest BCUT2D eigenvalue weighted by atomic mass is 9.80. The molecule has 26 heavy (non-hydrogen) atoms. The number of ether oxygens (including phenoxy) is 2. The molecule has 1 atom stereocenters. The standard InChI is InChI=1S/C19H26INO5/c1-12(20)16(22)25-14-8-6-7-13(9-14)17(23)26-15-10-18(2,3)21(24)19(4,5)11-15/h6-9,12,15,24H,10-11H2,1-5H3. The Balaban J connectivity index is 2.09. The van der Waals surface area contributed by atoms with E-state index in [-0.39, 0.29) is 16.0 Å². The molecule has 0 saturated carbocycles. The Hall–Kier alpha value is -1.19. The summed E-state index contributed by atoms with van der Waals surface area (Å²) in [4.78, 5) is 24.3. The number of halogens is 1. The maximum Gasteiger partial charge on any atom is 0.338 e. The molecule has 1 fully saturated rings. The highest BCUT2D eigenvalue weighted by atomic mass is 127. The monoisotopic (exact) mass is 475 g/mol. The van der Waals surface area contributed by atoms with E-state index in [9.17, 15) is 14.8 Å². The number of piperidine rings is 1. The third-order valence-corrected chi connectivity index (χ3v) is 5.00. The minimum atomic E-state index is -0.500. The summed E-state index contributed by atoms with van der Waals surface area (Å²) in [5.41, 5.74) is -0.667. The van der Waals surface area contributed by atoms with Gasteiger partial charge in [0.1, 0.15) is 15.8 Å². The normalized spacial score (nSPS) is 21.0. The van der Waals surface area contributed by atoms with Gasteiger partial charge in [0.25, 0.3) is 0 Å². The number of hydrogen-bond donors (Lipinski definition) is 1. The first kappa shape index (κ1) is 21.1. The molecule has 1 N–H and O–H groups in total. The summed E-state index contributed by atoms with van der Waals surface area (Å²) in [6, 6.07) is 6.42. The molecular formula is C19H26INO5. The van der Waals surface area contributed by atoms with Crippen molar-refractivity contribution in [1.29, 1.82) is 0 Å². The minimum Gasteiger partial charge on any atom is -0.459 e. The summed E-state index contributed by atoms with van der Waals surface area (Å²) in [6.45, 7) is 9.40. The van der Waals surface area contributed by atoms with Crippen molar-refractivity contribution in [2.45, 2.75) is 68.6 Å². The smallest absolute Gasteiger partial charge is 0.338 e. The van der Waals surface area contributed by atoms with E-state index in [2.05, 4.69) is 0 Å². The third kappa shape index (κ3) is 4.95. The lowest BCUT2D eigenvalue weighted by molar-refractivity contribution is -0.256. The van der Waals surface area contributed by atoms with Crippen LogP contribution >= 0.6 is 22.6 Å². The predicted octanol–water partition coefficient (Wildman–Crippen LogP) is 3.98. The van der Waals surface area contributed by atoms with Crippen LogP contribution in [0.5, 0.6) is 5.75 Å². The zero-order chi connectivity index (χ0) is 19.7. The summed E-state index contributed by atoms with van der Waals surface area (Å²) < 4.78 is 10.6. The number of carbonyl (C=O) groups is 2. The lowest BCUT2D eigenvalue weighted by Crippen LogP contribution is -2.60. The fraction of sp³-hybridized carbons (Fsp3) is 0.579. The number of rotatable bonds is 4. The minimum absolute atomic E-state index is 0.281. The molecule has 1 saturated heterocycles. The Morgan fingerprint density at radius 3 is 2.35 bits per heavy atom. The molecule has 144 valence electrons. The van der Waals surface area contributed by atoms with Crippen LogP contribution in [0.1, 0.15) is 57.8 Å². The predicted molar refractivity (Wildman–Crippen MR) is 106 cm³/mol. The van der Waals surface area contributed by atoms with Crippen LogP contribution in [-0.4, -0.2) is 43.3 Å². The second-order valence-electron chi connectivity index (χ2n) is 7.94. The van der Waals surface area contributed by atoms with Gasteiger partial charge in [0.2, 0.25) is 0 Å².